The SMILES string of the molecule is CC(C)CN=C(NCC1CCS(=O)(=O)C1)N1CCC(c2cnn(C)c2)C1. The fourth-order valence-electron chi connectivity index (χ4n) is 3.68. The number of aliphatic imine (C=N–C) groups is 1. The van der Waals surface area contributed by atoms with Crippen molar-refractivity contribution < 1.29 is 8.42 Å². The zero-order chi connectivity index (χ0) is 18.7. The molecule has 0 radical (unpaired) electrons. The first-order valence-electron chi connectivity index (χ1n) is 9.54. The molecule has 1 aromatic rings. The second-order valence-electron chi connectivity index (χ2n) is 8.09. The van der Waals surface area contributed by atoms with Crippen LogP contribution in [-0.2, 0) is 16.9 Å². The Morgan fingerprint density at radius 1 is 1.42 bits per heavy atom. The summed E-state index contributed by atoms with van der Waals surface area (Å²) in [5.41, 5.74) is 1.28. The largest absolute Gasteiger partial charge is 0.356 e. The van der Waals surface area contributed by atoms with Crippen molar-refractivity contribution in [1.29, 1.82) is 0 Å². The van der Waals surface area contributed by atoms with Gasteiger partial charge in [-0.25, -0.2) is 8.42 Å². The maximum atomic E-state index is 11.7. The van der Waals surface area contributed by atoms with Crippen molar-refractivity contribution in [1.82, 2.24) is 20.0 Å². The van der Waals surface area contributed by atoms with E-state index in [0.29, 0.717) is 29.9 Å². The van der Waals surface area contributed by atoms with Crippen LogP contribution in [0.2, 0.25) is 0 Å². The highest BCUT2D eigenvalue weighted by molar-refractivity contribution is 7.91. The van der Waals surface area contributed by atoms with Crippen molar-refractivity contribution in [2.24, 2.45) is 23.9 Å². The lowest BCUT2D eigenvalue weighted by molar-refractivity contribution is 0.466. The summed E-state index contributed by atoms with van der Waals surface area (Å²) in [6, 6.07) is 0. The molecule has 0 bridgehead atoms. The smallest absolute Gasteiger partial charge is 0.193 e. The van der Waals surface area contributed by atoms with Crippen LogP contribution in [0.1, 0.15) is 38.2 Å². The highest BCUT2D eigenvalue weighted by atomic mass is 32.2. The molecule has 2 saturated heterocycles. The Morgan fingerprint density at radius 3 is 2.85 bits per heavy atom. The van der Waals surface area contributed by atoms with E-state index in [1.165, 1.54) is 5.56 Å². The van der Waals surface area contributed by atoms with Crippen LogP contribution in [0.15, 0.2) is 17.4 Å². The fourth-order valence-corrected chi connectivity index (χ4v) is 5.54. The lowest BCUT2D eigenvalue weighted by Gasteiger charge is -2.23. The number of rotatable bonds is 5. The van der Waals surface area contributed by atoms with Crippen LogP contribution in [0.25, 0.3) is 0 Å². The maximum absolute atomic E-state index is 11.7. The van der Waals surface area contributed by atoms with Crippen LogP contribution in [-0.4, -0.2) is 66.7 Å². The molecule has 2 atom stereocenters. The Bertz CT molecular complexity index is 741. The van der Waals surface area contributed by atoms with E-state index in [9.17, 15) is 8.42 Å². The number of likely N-dealkylation sites (tertiary alicyclic amines) is 1. The highest BCUT2D eigenvalue weighted by Crippen LogP contribution is 2.27. The van der Waals surface area contributed by atoms with E-state index in [4.69, 9.17) is 4.99 Å². The Hall–Kier alpha value is -1.57. The summed E-state index contributed by atoms with van der Waals surface area (Å²) in [4.78, 5) is 7.11. The summed E-state index contributed by atoms with van der Waals surface area (Å²) in [6.45, 7) is 7.68. The van der Waals surface area contributed by atoms with E-state index in [-0.39, 0.29) is 5.92 Å². The Balaban J connectivity index is 1.62. The van der Waals surface area contributed by atoms with Crippen LogP contribution < -0.4 is 5.32 Å². The molecular weight excluding hydrogens is 350 g/mol. The second-order valence-corrected chi connectivity index (χ2v) is 10.3. The molecule has 2 aliphatic heterocycles. The average molecular weight is 382 g/mol. The molecule has 146 valence electrons. The van der Waals surface area contributed by atoms with Gasteiger partial charge in [0, 0.05) is 45.3 Å². The topological polar surface area (TPSA) is 79.6 Å². The number of guanidine groups is 1. The van der Waals surface area contributed by atoms with Crippen molar-refractivity contribution >= 4 is 15.8 Å². The summed E-state index contributed by atoms with van der Waals surface area (Å²) in [7, 11) is -0.886. The van der Waals surface area contributed by atoms with Crippen molar-refractivity contribution in [2.45, 2.75) is 32.6 Å². The first-order chi connectivity index (χ1) is 12.3. The van der Waals surface area contributed by atoms with Crippen LogP contribution in [0.4, 0.5) is 0 Å². The summed E-state index contributed by atoms with van der Waals surface area (Å²) in [5, 5.41) is 7.75. The molecule has 8 heteroatoms. The zero-order valence-corrected chi connectivity index (χ0v) is 16.9. The third-order valence-corrected chi connectivity index (χ3v) is 7.00. The highest BCUT2D eigenvalue weighted by Gasteiger charge is 2.30. The van der Waals surface area contributed by atoms with Crippen molar-refractivity contribution in [3.8, 4) is 0 Å². The van der Waals surface area contributed by atoms with Crippen LogP contribution in [0, 0.1) is 11.8 Å². The normalized spacial score (nSPS) is 26.0. The van der Waals surface area contributed by atoms with Gasteiger partial charge in [0.1, 0.15) is 0 Å². The van der Waals surface area contributed by atoms with E-state index >= 15 is 0 Å². The Morgan fingerprint density at radius 2 is 2.23 bits per heavy atom. The number of aromatic nitrogens is 2. The minimum Gasteiger partial charge on any atom is -0.356 e. The number of hydrogen-bond acceptors (Lipinski definition) is 4. The molecule has 3 heterocycles. The van der Waals surface area contributed by atoms with Gasteiger partial charge in [0.25, 0.3) is 0 Å². The van der Waals surface area contributed by atoms with Gasteiger partial charge in [0.15, 0.2) is 15.8 Å². The first-order valence-corrected chi connectivity index (χ1v) is 11.4. The summed E-state index contributed by atoms with van der Waals surface area (Å²) in [6.07, 6.45) is 5.89. The number of sulfone groups is 1. The molecule has 7 nitrogen and oxygen atoms in total. The van der Waals surface area contributed by atoms with E-state index in [0.717, 1.165) is 38.4 Å². The lowest BCUT2D eigenvalue weighted by atomic mass is 10.0. The first kappa shape index (κ1) is 19.2. The average Bonchev–Trinajstić information content (AvgIpc) is 3.27. The number of nitrogens with zero attached hydrogens (tertiary/aromatic N) is 4. The van der Waals surface area contributed by atoms with Gasteiger partial charge in [0.05, 0.1) is 17.7 Å². The lowest BCUT2D eigenvalue weighted by Crippen LogP contribution is -2.42. The number of aryl methyl sites for hydroxylation is 1. The summed E-state index contributed by atoms with van der Waals surface area (Å²) < 4.78 is 25.2. The van der Waals surface area contributed by atoms with Gasteiger partial charge in [-0.15, -0.1) is 0 Å². The van der Waals surface area contributed by atoms with Crippen LogP contribution in [0.5, 0.6) is 0 Å². The predicted octanol–water partition coefficient (Wildman–Crippen LogP) is 1.25. The molecule has 26 heavy (non-hydrogen) atoms. The van der Waals surface area contributed by atoms with E-state index in [1.807, 2.05) is 17.9 Å². The predicted molar refractivity (Wildman–Crippen MR) is 104 cm³/mol. The monoisotopic (exact) mass is 381 g/mol. The number of hydrogen-bond donors (Lipinski definition) is 1. The molecule has 0 aliphatic carbocycles. The van der Waals surface area contributed by atoms with Gasteiger partial charge in [-0.3, -0.25) is 9.67 Å². The molecule has 1 aromatic heterocycles. The second kappa shape index (κ2) is 7.98. The van der Waals surface area contributed by atoms with Gasteiger partial charge in [-0.1, -0.05) is 13.8 Å². The Kier molecular flexibility index (Phi) is 5.89. The fraction of sp³-hybridized carbons (Fsp3) is 0.778. The van der Waals surface area contributed by atoms with Gasteiger partial charge in [-0.05, 0) is 30.2 Å². The van der Waals surface area contributed by atoms with Crippen LogP contribution in [0.3, 0.4) is 0 Å². The van der Waals surface area contributed by atoms with Gasteiger partial charge in [0.2, 0.25) is 0 Å². The van der Waals surface area contributed by atoms with Gasteiger partial charge >= 0.3 is 0 Å². The maximum Gasteiger partial charge on any atom is 0.193 e. The molecule has 0 aromatic carbocycles. The van der Waals surface area contributed by atoms with Crippen molar-refractivity contribution in [3.05, 3.63) is 18.0 Å². The molecule has 0 amide bonds. The molecule has 2 unspecified atom stereocenters. The Labute approximate surface area is 156 Å². The van der Waals surface area contributed by atoms with E-state index < -0.39 is 9.84 Å². The molecule has 0 saturated carbocycles. The standard InChI is InChI=1S/C18H31N5O2S/c1-14(2)8-19-18(20-9-15-5-7-26(24,25)13-15)23-6-4-16(12-23)17-10-21-22(3)11-17/h10-11,14-16H,4-9,12-13H2,1-3H3,(H,19,20). The van der Waals surface area contributed by atoms with Gasteiger partial charge < -0.3 is 10.2 Å². The van der Waals surface area contributed by atoms with E-state index in [1.54, 1.807) is 0 Å². The third-order valence-electron chi connectivity index (χ3n) is 5.17. The third kappa shape index (κ3) is 4.99. The van der Waals surface area contributed by atoms with Gasteiger partial charge in [-0.2, -0.15) is 5.10 Å². The molecular formula is C18H31N5O2S. The molecule has 0 spiro atoms. The molecule has 2 fully saturated rings. The molecule has 1 N–H and O–H groups in total. The van der Waals surface area contributed by atoms with Crippen LogP contribution >= 0.6 is 0 Å². The minimum atomic E-state index is -2.83. The van der Waals surface area contributed by atoms with E-state index in [2.05, 4.69) is 35.4 Å². The van der Waals surface area contributed by atoms with Crippen molar-refractivity contribution in [2.75, 3.05) is 37.7 Å². The summed E-state index contributed by atoms with van der Waals surface area (Å²) >= 11 is 0. The zero-order valence-electron chi connectivity index (χ0n) is 16.1. The molecule has 3 rings (SSSR count). The minimum absolute atomic E-state index is 0.195. The molecule has 2 aliphatic rings. The summed E-state index contributed by atoms with van der Waals surface area (Å²) in [5.74, 6) is 2.72. The van der Waals surface area contributed by atoms with Crippen molar-refractivity contribution in [3.63, 3.8) is 0 Å². The number of nitrogens with one attached hydrogen (secondary N) is 1. The quantitative estimate of drug-likeness (QED) is 0.613.